The van der Waals surface area contributed by atoms with E-state index in [-0.39, 0.29) is 6.10 Å². The van der Waals surface area contributed by atoms with Gasteiger partial charge in [-0.2, -0.15) is 0 Å². The minimum absolute atomic E-state index is 0.122. The van der Waals surface area contributed by atoms with Crippen molar-refractivity contribution in [1.29, 1.82) is 0 Å². The van der Waals surface area contributed by atoms with Crippen molar-refractivity contribution in [1.82, 2.24) is 5.32 Å². The van der Waals surface area contributed by atoms with Gasteiger partial charge >= 0.3 is 0 Å². The van der Waals surface area contributed by atoms with Gasteiger partial charge in [0.15, 0.2) is 0 Å². The first-order valence-electron chi connectivity index (χ1n) is 5.62. The van der Waals surface area contributed by atoms with Gasteiger partial charge in [-0.1, -0.05) is 11.6 Å². The molecule has 0 bridgehead atoms. The van der Waals surface area contributed by atoms with Crippen LogP contribution in [0.2, 0.25) is 5.02 Å². The van der Waals surface area contributed by atoms with E-state index in [0.717, 1.165) is 44.0 Å². The van der Waals surface area contributed by atoms with Gasteiger partial charge in [0.1, 0.15) is 5.75 Å². The van der Waals surface area contributed by atoms with Crippen LogP contribution < -0.4 is 10.1 Å². The molecule has 16 heavy (non-hydrogen) atoms. The number of hydrogen-bond donors (Lipinski definition) is 1. The van der Waals surface area contributed by atoms with Crippen LogP contribution in [0.1, 0.15) is 17.2 Å². The van der Waals surface area contributed by atoms with Crippen molar-refractivity contribution in [3.63, 3.8) is 0 Å². The molecule has 1 aromatic rings. The molecular formula is C12H14ClNO2. The summed E-state index contributed by atoms with van der Waals surface area (Å²) in [4.78, 5) is 0. The summed E-state index contributed by atoms with van der Waals surface area (Å²) in [5.41, 5.74) is 2.36. The lowest BCUT2D eigenvalue weighted by molar-refractivity contribution is 0.0276. The molecule has 1 aromatic carbocycles. The largest absolute Gasteiger partial charge is 0.491 e. The van der Waals surface area contributed by atoms with Gasteiger partial charge in [0.25, 0.3) is 0 Å². The summed E-state index contributed by atoms with van der Waals surface area (Å²) in [6, 6.07) is 4.12. The lowest BCUT2D eigenvalue weighted by Gasteiger charge is -2.24. The van der Waals surface area contributed by atoms with E-state index in [1.165, 1.54) is 5.56 Å². The van der Waals surface area contributed by atoms with Crippen LogP contribution in [0.15, 0.2) is 12.1 Å². The van der Waals surface area contributed by atoms with E-state index in [4.69, 9.17) is 21.1 Å². The van der Waals surface area contributed by atoms with Crippen molar-refractivity contribution in [2.24, 2.45) is 0 Å². The fraction of sp³-hybridized carbons (Fsp3) is 0.500. The minimum Gasteiger partial charge on any atom is -0.491 e. The van der Waals surface area contributed by atoms with Crippen molar-refractivity contribution in [3.8, 4) is 5.75 Å². The van der Waals surface area contributed by atoms with Gasteiger partial charge < -0.3 is 14.8 Å². The van der Waals surface area contributed by atoms with E-state index in [1.807, 2.05) is 6.07 Å². The molecule has 3 rings (SSSR count). The Labute approximate surface area is 99.7 Å². The van der Waals surface area contributed by atoms with Crippen LogP contribution in [0, 0.1) is 0 Å². The molecule has 4 heteroatoms. The Morgan fingerprint density at radius 3 is 3.06 bits per heavy atom. The molecule has 1 fully saturated rings. The Morgan fingerprint density at radius 1 is 1.31 bits per heavy atom. The average Bonchev–Trinajstić information content (AvgIpc) is 2.79. The topological polar surface area (TPSA) is 30.5 Å². The van der Waals surface area contributed by atoms with Crippen molar-refractivity contribution in [2.45, 2.75) is 12.5 Å². The second-order valence-corrected chi connectivity index (χ2v) is 4.56. The molecule has 1 N–H and O–H groups in total. The minimum atomic E-state index is 0.122. The van der Waals surface area contributed by atoms with E-state index in [2.05, 4.69) is 11.4 Å². The summed E-state index contributed by atoms with van der Waals surface area (Å²) in [5, 5.41) is 4.03. The zero-order valence-corrected chi connectivity index (χ0v) is 9.72. The zero-order chi connectivity index (χ0) is 11.0. The molecule has 0 radical (unpaired) electrons. The number of halogens is 1. The SMILES string of the molecule is Clc1cc(C2CNCCO2)cc2c1OCC2. The molecule has 1 saturated heterocycles. The summed E-state index contributed by atoms with van der Waals surface area (Å²) in [5.74, 6) is 0.856. The molecule has 1 unspecified atom stereocenters. The first-order valence-corrected chi connectivity index (χ1v) is 6.00. The Balaban J connectivity index is 1.92. The average molecular weight is 240 g/mol. The first kappa shape index (κ1) is 10.4. The molecule has 86 valence electrons. The number of benzene rings is 1. The summed E-state index contributed by atoms with van der Waals surface area (Å²) in [6.45, 7) is 3.28. The van der Waals surface area contributed by atoms with Gasteiger partial charge in [-0.15, -0.1) is 0 Å². The Kier molecular flexibility index (Phi) is 2.75. The Hall–Kier alpha value is -0.770. The summed E-state index contributed by atoms with van der Waals surface area (Å²) < 4.78 is 11.2. The van der Waals surface area contributed by atoms with E-state index in [9.17, 15) is 0 Å². The fourth-order valence-electron chi connectivity index (χ4n) is 2.25. The third kappa shape index (κ3) is 1.79. The summed E-state index contributed by atoms with van der Waals surface area (Å²) >= 11 is 6.19. The van der Waals surface area contributed by atoms with E-state index >= 15 is 0 Å². The predicted molar refractivity (Wildman–Crippen MR) is 62.2 cm³/mol. The first-order chi connectivity index (χ1) is 7.84. The van der Waals surface area contributed by atoms with E-state index in [0.29, 0.717) is 5.02 Å². The fourth-order valence-corrected chi connectivity index (χ4v) is 2.55. The number of ether oxygens (including phenoxy) is 2. The second-order valence-electron chi connectivity index (χ2n) is 4.15. The van der Waals surface area contributed by atoms with E-state index in [1.54, 1.807) is 0 Å². The predicted octanol–water partition coefficient (Wildman–Crippen LogP) is 1.94. The highest BCUT2D eigenvalue weighted by Crippen LogP contribution is 2.36. The molecule has 0 aliphatic carbocycles. The van der Waals surface area contributed by atoms with Crippen LogP contribution in [-0.2, 0) is 11.2 Å². The quantitative estimate of drug-likeness (QED) is 0.813. The summed E-state index contributed by atoms with van der Waals surface area (Å²) in [7, 11) is 0. The molecule has 3 nitrogen and oxygen atoms in total. The molecule has 1 atom stereocenters. The highest BCUT2D eigenvalue weighted by Gasteiger charge is 2.22. The van der Waals surface area contributed by atoms with Crippen LogP contribution >= 0.6 is 11.6 Å². The molecule has 0 aromatic heterocycles. The molecule has 0 saturated carbocycles. The van der Waals surface area contributed by atoms with Crippen LogP contribution in [0.5, 0.6) is 5.75 Å². The molecule has 0 amide bonds. The van der Waals surface area contributed by atoms with Gasteiger partial charge in [0.05, 0.1) is 24.3 Å². The van der Waals surface area contributed by atoms with Crippen LogP contribution in [0.3, 0.4) is 0 Å². The standard InChI is InChI=1S/C12H14ClNO2/c13-10-6-9(11-7-14-2-4-15-11)5-8-1-3-16-12(8)10/h5-6,11,14H,1-4,7H2. The van der Waals surface area contributed by atoms with Gasteiger partial charge in [0, 0.05) is 19.5 Å². The van der Waals surface area contributed by atoms with Crippen molar-refractivity contribution >= 4 is 11.6 Å². The summed E-state index contributed by atoms with van der Waals surface area (Å²) in [6.07, 6.45) is 1.07. The van der Waals surface area contributed by atoms with Gasteiger partial charge in [-0.3, -0.25) is 0 Å². The van der Waals surface area contributed by atoms with Gasteiger partial charge in [-0.25, -0.2) is 0 Å². The van der Waals surface area contributed by atoms with Crippen molar-refractivity contribution < 1.29 is 9.47 Å². The molecule has 2 aliphatic rings. The third-order valence-electron chi connectivity index (χ3n) is 3.06. The van der Waals surface area contributed by atoms with Gasteiger partial charge in [-0.05, 0) is 23.3 Å². The highest BCUT2D eigenvalue weighted by molar-refractivity contribution is 6.32. The Morgan fingerprint density at radius 2 is 2.25 bits per heavy atom. The van der Waals surface area contributed by atoms with Crippen LogP contribution in [0.4, 0.5) is 0 Å². The molecule has 2 aliphatic heterocycles. The number of nitrogens with one attached hydrogen (secondary N) is 1. The number of morpholine rings is 1. The second kappa shape index (κ2) is 4.24. The molecule has 2 heterocycles. The maximum atomic E-state index is 6.19. The lowest BCUT2D eigenvalue weighted by Crippen LogP contribution is -2.33. The lowest BCUT2D eigenvalue weighted by atomic mass is 10.0. The number of fused-ring (bicyclic) bond motifs is 1. The third-order valence-corrected chi connectivity index (χ3v) is 3.34. The Bertz CT molecular complexity index is 402. The van der Waals surface area contributed by atoms with E-state index < -0.39 is 0 Å². The van der Waals surface area contributed by atoms with Crippen molar-refractivity contribution in [3.05, 3.63) is 28.3 Å². The normalized spacial score (nSPS) is 23.9. The van der Waals surface area contributed by atoms with Crippen LogP contribution in [-0.4, -0.2) is 26.3 Å². The highest BCUT2D eigenvalue weighted by atomic mass is 35.5. The zero-order valence-electron chi connectivity index (χ0n) is 8.96. The van der Waals surface area contributed by atoms with Gasteiger partial charge in [0.2, 0.25) is 0 Å². The number of hydrogen-bond acceptors (Lipinski definition) is 3. The number of rotatable bonds is 1. The molecule has 0 spiro atoms. The maximum absolute atomic E-state index is 6.19. The maximum Gasteiger partial charge on any atom is 0.141 e. The molecular weight excluding hydrogens is 226 g/mol. The van der Waals surface area contributed by atoms with Crippen molar-refractivity contribution in [2.75, 3.05) is 26.3 Å². The monoisotopic (exact) mass is 239 g/mol. The smallest absolute Gasteiger partial charge is 0.141 e. The van der Waals surface area contributed by atoms with Crippen LogP contribution in [0.25, 0.3) is 0 Å².